The predicted molar refractivity (Wildman–Crippen MR) is 149 cm³/mol. The van der Waals surface area contributed by atoms with Crippen molar-refractivity contribution in [2.75, 3.05) is 20.0 Å². The van der Waals surface area contributed by atoms with Gasteiger partial charge in [-0.05, 0) is 23.8 Å². The molecule has 13 nitrogen and oxygen atoms in total. The Morgan fingerprint density at radius 1 is 0.975 bits per heavy atom. The maximum Gasteiger partial charge on any atom is 0.277 e. The molecule has 2 N–H and O–H groups in total. The fourth-order valence-corrected chi connectivity index (χ4v) is 4.43. The first-order valence-electron chi connectivity index (χ1n) is 11.6. The van der Waals surface area contributed by atoms with Crippen LogP contribution >= 0.6 is 11.8 Å². The number of thioether (sulfide) groups is 1. The van der Waals surface area contributed by atoms with Gasteiger partial charge in [0.05, 0.1) is 41.9 Å². The molecule has 0 radical (unpaired) electrons. The number of nitro benzene ring substituents is 2. The lowest BCUT2D eigenvalue weighted by atomic mass is 10.1. The highest BCUT2D eigenvalue weighted by Gasteiger charge is 2.25. The van der Waals surface area contributed by atoms with Gasteiger partial charge in [-0.3, -0.25) is 29.8 Å². The molecule has 0 saturated carbocycles. The number of amides is 2. The number of benzene rings is 3. The largest absolute Gasteiger partial charge is 0.497 e. The fraction of sp³-hybridized carbons (Fsp3) is 0.192. The van der Waals surface area contributed by atoms with Crippen LogP contribution in [0.15, 0.2) is 71.8 Å². The molecule has 1 unspecified atom stereocenters. The van der Waals surface area contributed by atoms with Crippen LogP contribution in [0.5, 0.6) is 11.5 Å². The van der Waals surface area contributed by atoms with Gasteiger partial charge in [0.15, 0.2) is 0 Å². The zero-order valence-electron chi connectivity index (χ0n) is 21.4. The molecule has 0 aliphatic rings. The molecule has 0 aromatic heterocycles. The molecule has 0 heterocycles. The van der Waals surface area contributed by atoms with Gasteiger partial charge in [-0.25, -0.2) is 5.43 Å². The van der Waals surface area contributed by atoms with E-state index in [-0.39, 0.29) is 11.3 Å². The molecule has 3 aromatic carbocycles. The van der Waals surface area contributed by atoms with Gasteiger partial charge in [0, 0.05) is 29.2 Å². The number of nitrogens with one attached hydrogen (secondary N) is 2. The summed E-state index contributed by atoms with van der Waals surface area (Å²) in [6.45, 7) is 0. The Morgan fingerprint density at radius 3 is 2.25 bits per heavy atom. The second kappa shape index (κ2) is 14.2. The molecule has 1 atom stereocenters. The lowest BCUT2D eigenvalue weighted by molar-refractivity contribution is -0.394. The summed E-state index contributed by atoms with van der Waals surface area (Å²) < 4.78 is 10.5. The molecule has 14 heteroatoms. The summed E-state index contributed by atoms with van der Waals surface area (Å²) in [6, 6.07) is 15.9. The predicted octanol–water partition coefficient (Wildman–Crippen LogP) is 3.70. The fourth-order valence-electron chi connectivity index (χ4n) is 3.41. The van der Waals surface area contributed by atoms with Crippen molar-refractivity contribution in [2.45, 2.75) is 11.8 Å². The molecule has 0 aliphatic heterocycles. The van der Waals surface area contributed by atoms with Crippen LogP contribution in [0.2, 0.25) is 0 Å². The van der Waals surface area contributed by atoms with E-state index in [1.165, 1.54) is 32.2 Å². The van der Waals surface area contributed by atoms with Crippen LogP contribution < -0.4 is 20.2 Å². The molecule has 2 amide bonds. The van der Waals surface area contributed by atoms with Gasteiger partial charge in [-0.1, -0.05) is 30.3 Å². The highest BCUT2D eigenvalue weighted by Crippen LogP contribution is 2.24. The average Bonchev–Trinajstić information content (AvgIpc) is 2.96. The SMILES string of the molecule is COc1ccc(OC)c(C=NNC(=O)C(CSCc2ccccc2)NC(=O)c2cc([N+](=O)[O-])cc([N+](=O)[O-])c2)c1. The van der Waals surface area contributed by atoms with Gasteiger partial charge in [-0.15, -0.1) is 0 Å². The third-order valence-corrected chi connectivity index (χ3v) is 6.53. The first-order valence-corrected chi connectivity index (χ1v) is 12.8. The summed E-state index contributed by atoms with van der Waals surface area (Å²) in [4.78, 5) is 46.8. The number of nitro groups is 2. The first-order chi connectivity index (χ1) is 19.2. The monoisotopic (exact) mass is 567 g/mol. The van der Waals surface area contributed by atoms with Gasteiger partial charge < -0.3 is 14.8 Å². The Kier molecular flexibility index (Phi) is 10.5. The number of hydrazone groups is 1. The third kappa shape index (κ3) is 8.26. The normalized spacial score (nSPS) is 11.4. The zero-order valence-corrected chi connectivity index (χ0v) is 22.3. The molecule has 0 bridgehead atoms. The number of nitrogens with zero attached hydrogens (tertiary/aromatic N) is 3. The smallest absolute Gasteiger partial charge is 0.277 e. The molecule has 0 fully saturated rings. The Balaban J connectivity index is 1.80. The van der Waals surface area contributed by atoms with E-state index in [4.69, 9.17) is 9.47 Å². The quantitative estimate of drug-likeness (QED) is 0.177. The molecule has 0 aliphatic carbocycles. The lowest BCUT2D eigenvalue weighted by Crippen LogP contribution is -2.47. The van der Waals surface area contributed by atoms with Crippen LogP contribution in [0, 0.1) is 20.2 Å². The van der Waals surface area contributed by atoms with E-state index in [2.05, 4.69) is 15.8 Å². The first kappa shape index (κ1) is 29.6. The van der Waals surface area contributed by atoms with Crippen LogP contribution in [0.4, 0.5) is 11.4 Å². The van der Waals surface area contributed by atoms with E-state index in [1.54, 1.807) is 18.2 Å². The summed E-state index contributed by atoms with van der Waals surface area (Å²) in [5, 5.41) is 28.9. The number of rotatable bonds is 13. The number of carbonyl (C=O) groups excluding carboxylic acids is 2. The third-order valence-electron chi connectivity index (χ3n) is 5.42. The minimum Gasteiger partial charge on any atom is -0.497 e. The second-order valence-corrected chi connectivity index (χ2v) is 9.15. The van der Waals surface area contributed by atoms with Crippen molar-refractivity contribution in [2.24, 2.45) is 5.10 Å². The standard InChI is InChI=1S/C26H25N5O8S/c1-38-22-8-9-24(39-2)19(12-22)14-27-29-26(33)23(16-40-15-17-6-4-3-5-7-17)28-25(32)18-10-20(30(34)35)13-21(11-18)31(36)37/h3-14,23H,15-16H2,1-2H3,(H,28,32)(H,29,33). The lowest BCUT2D eigenvalue weighted by Gasteiger charge is -2.17. The van der Waals surface area contributed by atoms with Crippen molar-refractivity contribution in [3.63, 3.8) is 0 Å². The second-order valence-electron chi connectivity index (χ2n) is 8.12. The molecular formula is C26H25N5O8S. The Morgan fingerprint density at radius 2 is 1.65 bits per heavy atom. The molecule has 3 aromatic rings. The summed E-state index contributed by atoms with van der Waals surface area (Å²) in [5.74, 6) is 0.100. The van der Waals surface area contributed by atoms with E-state index in [0.29, 0.717) is 22.8 Å². The number of methoxy groups -OCH3 is 2. The van der Waals surface area contributed by atoms with Crippen LogP contribution in [0.3, 0.4) is 0 Å². The molecule has 40 heavy (non-hydrogen) atoms. The topological polar surface area (TPSA) is 175 Å². The number of ether oxygens (including phenoxy) is 2. The van der Waals surface area contributed by atoms with Gasteiger partial charge >= 0.3 is 0 Å². The number of hydrogen-bond acceptors (Lipinski definition) is 10. The van der Waals surface area contributed by atoms with Gasteiger partial charge in [0.2, 0.25) is 0 Å². The summed E-state index contributed by atoms with van der Waals surface area (Å²) in [5.41, 5.74) is 2.29. The zero-order chi connectivity index (χ0) is 29.1. The highest BCUT2D eigenvalue weighted by molar-refractivity contribution is 7.98. The van der Waals surface area contributed by atoms with Crippen LogP contribution in [-0.4, -0.2) is 53.9 Å². The van der Waals surface area contributed by atoms with Crippen LogP contribution in [0.1, 0.15) is 21.5 Å². The highest BCUT2D eigenvalue weighted by atomic mass is 32.2. The summed E-state index contributed by atoms with van der Waals surface area (Å²) >= 11 is 1.36. The molecule has 3 rings (SSSR count). The van der Waals surface area contributed by atoms with E-state index in [1.807, 2.05) is 30.3 Å². The Bertz CT molecular complexity index is 1390. The van der Waals surface area contributed by atoms with E-state index in [9.17, 15) is 29.8 Å². The minimum atomic E-state index is -1.14. The Hall–Kier alpha value is -4.98. The Labute approximate surface area is 232 Å². The van der Waals surface area contributed by atoms with Crippen molar-refractivity contribution in [3.8, 4) is 11.5 Å². The molecule has 0 saturated heterocycles. The number of carbonyl (C=O) groups is 2. The molecule has 208 valence electrons. The van der Waals surface area contributed by atoms with Crippen LogP contribution in [0.25, 0.3) is 0 Å². The average molecular weight is 568 g/mol. The molecule has 0 spiro atoms. The molecular weight excluding hydrogens is 542 g/mol. The summed E-state index contributed by atoms with van der Waals surface area (Å²) in [7, 11) is 2.98. The van der Waals surface area contributed by atoms with Crippen molar-refractivity contribution >= 4 is 41.2 Å². The van der Waals surface area contributed by atoms with Crippen LogP contribution in [-0.2, 0) is 10.5 Å². The van der Waals surface area contributed by atoms with Gasteiger partial charge in [-0.2, -0.15) is 16.9 Å². The minimum absolute atomic E-state index is 0.113. The van der Waals surface area contributed by atoms with Crippen molar-refractivity contribution in [3.05, 3.63) is 104 Å². The van der Waals surface area contributed by atoms with E-state index < -0.39 is 39.1 Å². The van der Waals surface area contributed by atoms with Crippen molar-refractivity contribution in [1.29, 1.82) is 0 Å². The van der Waals surface area contributed by atoms with Gasteiger partial charge in [0.1, 0.15) is 17.5 Å². The van der Waals surface area contributed by atoms with Gasteiger partial charge in [0.25, 0.3) is 23.2 Å². The van der Waals surface area contributed by atoms with Crippen molar-refractivity contribution < 1.29 is 28.9 Å². The maximum atomic E-state index is 13.0. The van der Waals surface area contributed by atoms with Crippen molar-refractivity contribution in [1.82, 2.24) is 10.7 Å². The number of hydrogen-bond donors (Lipinski definition) is 2. The number of non-ortho nitro benzene ring substituents is 2. The maximum absolute atomic E-state index is 13.0. The summed E-state index contributed by atoms with van der Waals surface area (Å²) in [6.07, 6.45) is 1.35. The van der Waals surface area contributed by atoms with E-state index >= 15 is 0 Å². The van der Waals surface area contributed by atoms with E-state index in [0.717, 1.165) is 23.8 Å².